The van der Waals surface area contributed by atoms with Gasteiger partial charge in [-0.2, -0.15) is 0 Å². The van der Waals surface area contributed by atoms with Crippen LogP contribution in [0.2, 0.25) is 0 Å². The summed E-state index contributed by atoms with van der Waals surface area (Å²) in [7, 11) is -3.01. The first-order valence-corrected chi connectivity index (χ1v) is 10.9. The van der Waals surface area contributed by atoms with Crippen molar-refractivity contribution in [3.8, 4) is 0 Å². The fourth-order valence-corrected chi connectivity index (χ4v) is 5.02. The third-order valence-corrected chi connectivity index (χ3v) is 6.51. The van der Waals surface area contributed by atoms with Crippen LogP contribution in [-0.4, -0.2) is 54.1 Å². The van der Waals surface area contributed by atoms with E-state index in [0.29, 0.717) is 18.5 Å². The van der Waals surface area contributed by atoms with Gasteiger partial charge in [-0.25, -0.2) is 13.4 Å². The van der Waals surface area contributed by atoms with Gasteiger partial charge in [0.2, 0.25) is 0 Å². The molecule has 0 spiro atoms. The summed E-state index contributed by atoms with van der Waals surface area (Å²) in [6.07, 6.45) is 3.98. The molecule has 7 heteroatoms. The molecule has 1 unspecified atom stereocenters. The van der Waals surface area contributed by atoms with Gasteiger partial charge in [0.1, 0.15) is 0 Å². The van der Waals surface area contributed by atoms with Gasteiger partial charge >= 0.3 is 0 Å². The topological polar surface area (TPSA) is 67.3 Å². The van der Waals surface area contributed by atoms with E-state index in [1.165, 1.54) is 0 Å². The zero-order chi connectivity index (χ0) is 16.9. The summed E-state index contributed by atoms with van der Waals surface area (Å²) in [5, 5.41) is 0.896. The number of nitrogens with zero attached hydrogens (tertiary/aromatic N) is 2. The van der Waals surface area contributed by atoms with E-state index in [9.17, 15) is 13.2 Å². The zero-order valence-corrected chi connectivity index (χ0v) is 15.3. The first kappa shape index (κ1) is 18.3. The van der Waals surface area contributed by atoms with E-state index in [-0.39, 0.29) is 23.5 Å². The number of rotatable bonds is 7. The quantitative estimate of drug-likeness (QED) is 0.703. The Labute approximate surface area is 142 Å². The van der Waals surface area contributed by atoms with E-state index < -0.39 is 9.84 Å². The monoisotopic (exact) mass is 356 g/mol. The van der Waals surface area contributed by atoms with Gasteiger partial charge in [0.15, 0.2) is 9.84 Å². The SMILES string of the molecule is CCCCN(C(=O)c1ccc(SCC)nc1)C1CCS(=O)(=O)C1. The third kappa shape index (κ3) is 4.94. The molecule has 1 aromatic rings. The smallest absolute Gasteiger partial charge is 0.255 e. The Morgan fingerprint density at radius 2 is 2.17 bits per heavy atom. The molecule has 0 N–H and O–H groups in total. The number of carbonyl (C=O) groups is 1. The molecule has 1 aromatic heterocycles. The van der Waals surface area contributed by atoms with E-state index in [1.807, 2.05) is 6.07 Å². The highest BCUT2D eigenvalue weighted by Crippen LogP contribution is 2.21. The van der Waals surface area contributed by atoms with E-state index >= 15 is 0 Å². The number of aromatic nitrogens is 1. The largest absolute Gasteiger partial charge is 0.335 e. The number of thioether (sulfide) groups is 1. The summed E-state index contributed by atoms with van der Waals surface area (Å²) in [6, 6.07) is 3.43. The van der Waals surface area contributed by atoms with Crippen LogP contribution in [0.3, 0.4) is 0 Å². The molecule has 1 saturated heterocycles. The lowest BCUT2D eigenvalue weighted by Gasteiger charge is -2.28. The molecule has 5 nitrogen and oxygen atoms in total. The van der Waals surface area contributed by atoms with Crippen molar-refractivity contribution in [3.63, 3.8) is 0 Å². The van der Waals surface area contributed by atoms with E-state index in [2.05, 4.69) is 18.8 Å². The maximum absolute atomic E-state index is 12.8. The van der Waals surface area contributed by atoms with Gasteiger partial charge in [0.05, 0.1) is 22.1 Å². The molecule has 23 heavy (non-hydrogen) atoms. The van der Waals surface area contributed by atoms with Crippen LogP contribution in [0.4, 0.5) is 0 Å². The predicted octanol–water partition coefficient (Wildman–Crippen LogP) is 2.62. The Morgan fingerprint density at radius 3 is 2.70 bits per heavy atom. The van der Waals surface area contributed by atoms with Crippen LogP contribution < -0.4 is 0 Å². The molecule has 0 bridgehead atoms. The lowest BCUT2D eigenvalue weighted by molar-refractivity contribution is 0.0693. The number of pyridine rings is 1. The third-order valence-electron chi connectivity index (χ3n) is 3.94. The van der Waals surface area contributed by atoms with Gasteiger partial charge in [0.25, 0.3) is 5.91 Å². The molecule has 2 rings (SSSR count). The van der Waals surface area contributed by atoms with Crippen molar-refractivity contribution in [1.82, 2.24) is 9.88 Å². The Kier molecular flexibility index (Phi) is 6.47. The van der Waals surface area contributed by atoms with Crippen molar-refractivity contribution in [2.75, 3.05) is 23.8 Å². The molecule has 0 aliphatic carbocycles. The van der Waals surface area contributed by atoms with Crippen LogP contribution in [0, 0.1) is 0 Å². The number of hydrogen-bond acceptors (Lipinski definition) is 5. The Hall–Kier alpha value is -1.08. The number of carbonyl (C=O) groups excluding carboxylic acids is 1. The zero-order valence-electron chi connectivity index (χ0n) is 13.7. The van der Waals surface area contributed by atoms with Crippen molar-refractivity contribution in [1.29, 1.82) is 0 Å². The van der Waals surface area contributed by atoms with E-state index in [1.54, 1.807) is 28.9 Å². The molecule has 1 atom stereocenters. The van der Waals surface area contributed by atoms with E-state index in [0.717, 1.165) is 23.6 Å². The van der Waals surface area contributed by atoms with Gasteiger partial charge in [0, 0.05) is 18.8 Å². The van der Waals surface area contributed by atoms with Crippen LogP contribution in [0.15, 0.2) is 23.4 Å². The molecule has 1 fully saturated rings. The van der Waals surface area contributed by atoms with Crippen molar-refractivity contribution in [2.24, 2.45) is 0 Å². The fourth-order valence-electron chi connectivity index (χ4n) is 2.71. The lowest BCUT2D eigenvalue weighted by Crippen LogP contribution is -2.41. The van der Waals surface area contributed by atoms with Crippen molar-refractivity contribution >= 4 is 27.5 Å². The lowest BCUT2D eigenvalue weighted by atomic mass is 10.1. The number of amides is 1. The standard InChI is InChI=1S/C16H24N2O3S2/c1-3-5-9-18(14-8-10-23(20,21)12-14)16(19)13-6-7-15(17-11-13)22-4-2/h6-7,11,14H,3-5,8-10,12H2,1-2H3. The van der Waals surface area contributed by atoms with Crippen molar-refractivity contribution < 1.29 is 13.2 Å². The minimum Gasteiger partial charge on any atom is -0.335 e. The fraction of sp³-hybridized carbons (Fsp3) is 0.625. The van der Waals surface area contributed by atoms with E-state index in [4.69, 9.17) is 0 Å². The van der Waals surface area contributed by atoms with Gasteiger partial charge < -0.3 is 4.90 Å². The van der Waals surface area contributed by atoms with Crippen molar-refractivity contribution in [3.05, 3.63) is 23.9 Å². The molecular formula is C16H24N2O3S2. The highest BCUT2D eigenvalue weighted by Gasteiger charge is 2.34. The summed E-state index contributed by atoms with van der Waals surface area (Å²) in [5.41, 5.74) is 0.533. The van der Waals surface area contributed by atoms with Crippen LogP contribution >= 0.6 is 11.8 Å². The Balaban J connectivity index is 2.15. The molecule has 0 saturated carbocycles. The van der Waals surface area contributed by atoms with Crippen LogP contribution in [-0.2, 0) is 9.84 Å². The maximum atomic E-state index is 12.8. The summed E-state index contributed by atoms with van der Waals surface area (Å²) in [4.78, 5) is 18.8. The number of sulfone groups is 1. The summed E-state index contributed by atoms with van der Waals surface area (Å²) >= 11 is 1.63. The first-order valence-electron chi connectivity index (χ1n) is 8.07. The summed E-state index contributed by atoms with van der Waals surface area (Å²) in [6.45, 7) is 4.71. The second-order valence-corrected chi connectivity index (χ2v) is 9.24. The molecule has 1 amide bonds. The average Bonchev–Trinajstić information content (AvgIpc) is 2.88. The molecule has 0 aromatic carbocycles. The van der Waals surface area contributed by atoms with Gasteiger partial charge in [-0.05, 0) is 30.7 Å². The number of hydrogen-bond donors (Lipinski definition) is 0. The summed E-state index contributed by atoms with van der Waals surface area (Å²) < 4.78 is 23.5. The minimum atomic E-state index is -3.01. The Bertz CT molecular complexity index is 629. The van der Waals surface area contributed by atoms with Gasteiger partial charge in [-0.3, -0.25) is 4.79 Å². The first-order chi connectivity index (χ1) is 11.0. The Morgan fingerprint density at radius 1 is 1.39 bits per heavy atom. The summed E-state index contributed by atoms with van der Waals surface area (Å²) in [5.74, 6) is 1.08. The van der Waals surface area contributed by atoms with Crippen molar-refractivity contribution in [2.45, 2.75) is 44.2 Å². The minimum absolute atomic E-state index is 0.0830. The molecule has 0 radical (unpaired) electrons. The predicted molar refractivity (Wildman–Crippen MR) is 93.6 cm³/mol. The highest BCUT2D eigenvalue weighted by molar-refractivity contribution is 7.99. The maximum Gasteiger partial charge on any atom is 0.255 e. The molecule has 1 aliphatic rings. The van der Waals surface area contributed by atoms with Crippen LogP contribution in [0.1, 0.15) is 43.5 Å². The highest BCUT2D eigenvalue weighted by atomic mass is 32.2. The second-order valence-electron chi connectivity index (χ2n) is 5.73. The van der Waals surface area contributed by atoms with Gasteiger partial charge in [-0.15, -0.1) is 11.8 Å². The second kappa shape index (κ2) is 8.15. The number of unbranched alkanes of at least 4 members (excludes halogenated alkanes) is 1. The molecule has 1 aliphatic heterocycles. The normalized spacial score (nSPS) is 19.7. The van der Waals surface area contributed by atoms with Crippen LogP contribution in [0.5, 0.6) is 0 Å². The molecule has 128 valence electrons. The molecular weight excluding hydrogens is 332 g/mol. The van der Waals surface area contributed by atoms with Gasteiger partial charge in [-0.1, -0.05) is 20.3 Å². The van der Waals surface area contributed by atoms with Crippen LogP contribution in [0.25, 0.3) is 0 Å². The average molecular weight is 357 g/mol. The molecule has 2 heterocycles.